The monoisotopic (exact) mass is 376 g/mol. The molecule has 3 rings (SSSR count). The van der Waals surface area contributed by atoms with Crippen LogP contribution >= 0.6 is 0 Å². The second-order valence-corrected chi connectivity index (χ2v) is 6.77. The van der Waals surface area contributed by atoms with E-state index in [0.29, 0.717) is 30.8 Å². The number of carbonyl (C=O) groups excluding carboxylic acids is 1. The smallest absolute Gasteiger partial charge is 0.257 e. The molecule has 1 aliphatic rings. The van der Waals surface area contributed by atoms with E-state index in [1.165, 1.54) is 12.3 Å². The zero-order valence-corrected chi connectivity index (χ0v) is 15.6. The van der Waals surface area contributed by atoms with Gasteiger partial charge in [0.05, 0.1) is 17.8 Å². The summed E-state index contributed by atoms with van der Waals surface area (Å²) in [6, 6.07) is 2.45. The Kier molecular flexibility index (Phi) is 5.76. The summed E-state index contributed by atoms with van der Waals surface area (Å²) in [5, 5.41) is 15.1. The largest absolute Gasteiger partial charge is 0.394 e. The molecule has 1 aromatic carbocycles. The van der Waals surface area contributed by atoms with E-state index in [1.807, 2.05) is 11.8 Å². The highest BCUT2D eigenvalue weighted by Gasteiger charge is 2.21. The number of fused-ring (bicyclic) bond motifs is 1. The maximum atomic E-state index is 14.8. The number of hydrogen-bond donors (Lipinski definition) is 3. The average Bonchev–Trinajstić information content (AvgIpc) is 2.68. The van der Waals surface area contributed by atoms with Crippen LogP contribution in [-0.4, -0.2) is 54.4 Å². The Bertz CT molecular complexity index is 906. The van der Waals surface area contributed by atoms with E-state index >= 15 is 0 Å². The number of aliphatic hydroxyl groups excluding tert-OH is 1. The fourth-order valence-corrected chi connectivity index (χ4v) is 3.32. The van der Waals surface area contributed by atoms with Gasteiger partial charge >= 0.3 is 0 Å². The Morgan fingerprint density at radius 1 is 1.37 bits per heavy atom. The quantitative estimate of drug-likeness (QED) is 0.715. The second-order valence-electron chi connectivity index (χ2n) is 6.77. The minimum atomic E-state index is -0.572. The first-order valence-electron chi connectivity index (χ1n) is 9.20. The van der Waals surface area contributed by atoms with Crippen molar-refractivity contribution in [3.63, 3.8) is 0 Å². The lowest BCUT2D eigenvalue weighted by atomic mass is 10.1. The van der Waals surface area contributed by atoms with Gasteiger partial charge in [-0.15, -0.1) is 0 Å². The number of aryl methyl sites for hydroxylation is 1. The number of benzene rings is 1. The number of aliphatic hydroxyl groups is 1. The molecule has 0 bridgehead atoms. The predicted molar refractivity (Wildman–Crippen MR) is 103 cm³/mol. The Hall–Kier alpha value is -2.45. The lowest BCUT2D eigenvalue weighted by Gasteiger charge is -2.30. The number of carbonyl (C=O) groups is 1. The number of nitrogens with zero attached hydrogens (tertiary/aromatic N) is 2. The molecule has 0 radical (unpaired) electrons. The van der Waals surface area contributed by atoms with Crippen LogP contribution in [0.1, 0.15) is 24.2 Å². The highest BCUT2D eigenvalue weighted by Crippen LogP contribution is 2.25. The molecule has 1 fully saturated rings. The molecule has 0 saturated carbocycles. The van der Waals surface area contributed by atoms with E-state index in [9.17, 15) is 14.0 Å². The number of anilines is 1. The Balaban J connectivity index is 2.11. The first-order valence-corrected chi connectivity index (χ1v) is 9.20. The molecular formula is C19H25FN4O3. The zero-order chi connectivity index (χ0) is 19.6. The van der Waals surface area contributed by atoms with Gasteiger partial charge in [-0.2, -0.15) is 0 Å². The molecule has 2 aromatic rings. The summed E-state index contributed by atoms with van der Waals surface area (Å²) in [5.74, 6) is -1.04. The molecule has 1 amide bonds. The van der Waals surface area contributed by atoms with Gasteiger partial charge in [-0.25, -0.2) is 4.39 Å². The zero-order valence-electron chi connectivity index (χ0n) is 15.6. The van der Waals surface area contributed by atoms with Gasteiger partial charge in [0.25, 0.3) is 5.91 Å². The molecule has 3 N–H and O–H groups in total. The number of halogens is 1. The maximum absolute atomic E-state index is 14.8. The van der Waals surface area contributed by atoms with Crippen molar-refractivity contribution in [2.45, 2.75) is 26.4 Å². The molecule has 8 heteroatoms. The molecule has 1 saturated heterocycles. The third-order valence-electron chi connectivity index (χ3n) is 4.84. The molecule has 1 atom stereocenters. The first kappa shape index (κ1) is 19.3. The van der Waals surface area contributed by atoms with Crippen LogP contribution in [0.4, 0.5) is 10.1 Å². The van der Waals surface area contributed by atoms with Crippen LogP contribution in [-0.2, 0) is 6.54 Å². The molecule has 27 heavy (non-hydrogen) atoms. The number of nitrogens with one attached hydrogen (secondary N) is 2. The number of aromatic nitrogens is 1. The standard InChI is InChI=1S/C19H25FN4O3/c1-3-23-10-14(19(27)22-12(2)11-25)18(26)13-8-15(20)17(9-16(13)23)24-6-4-21-5-7-24/h8-10,12,21,25H,3-7,11H2,1-2H3,(H,22,27)/t12-/m1/s1. The van der Waals surface area contributed by atoms with E-state index < -0.39 is 23.2 Å². The number of hydrogen-bond acceptors (Lipinski definition) is 5. The summed E-state index contributed by atoms with van der Waals surface area (Å²) in [4.78, 5) is 27.2. The van der Waals surface area contributed by atoms with E-state index in [-0.39, 0.29) is 17.6 Å². The molecule has 1 aliphatic heterocycles. The molecule has 0 spiro atoms. The van der Waals surface area contributed by atoms with Crippen molar-refractivity contribution in [2.24, 2.45) is 0 Å². The van der Waals surface area contributed by atoms with Crippen LogP contribution in [0.25, 0.3) is 10.9 Å². The van der Waals surface area contributed by atoms with Gasteiger partial charge in [0.15, 0.2) is 0 Å². The number of pyridine rings is 1. The number of piperazine rings is 1. The van der Waals surface area contributed by atoms with Crippen LogP contribution < -0.4 is 21.0 Å². The Morgan fingerprint density at radius 2 is 2.07 bits per heavy atom. The van der Waals surface area contributed by atoms with E-state index in [4.69, 9.17) is 5.11 Å². The minimum absolute atomic E-state index is 0.0565. The van der Waals surface area contributed by atoms with Gasteiger partial charge in [0.2, 0.25) is 5.43 Å². The lowest BCUT2D eigenvalue weighted by molar-refractivity contribution is 0.0920. The second kappa shape index (κ2) is 8.06. The summed E-state index contributed by atoms with van der Waals surface area (Å²) < 4.78 is 16.6. The highest BCUT2D eigenvalue weighted by molar-refractivity contribution is 5.98. The van der Waals surface area contributed by atoms with Gasteiger partial charge < -0.3 is 25.2 Å². The summed E-state index contributed by atoms with van der Waals surface area (Å²) in [6.07, 6.45) is 1.50. The summed E-state index contributed by atoms with van der Waals surface area (Å²) >= 11 is 0. The van der Waals surface area contributed by atoms with Gasteiger partial charge in [-0.05, 0) is 26.0 Å². The van der Waals surface area contributed by atoms with E-state index in [1.54, 1.807) is 17.6 Å². The van der Waals surface area contributed by atoms with Crippen LogP contribution in [0, 0.1) is 5.82 Å². The molecule has 1 aromatic heterocycles. The molecule has 146 valence electrons. The molecule has 2 heterocycles. The minimum Gasteiger partial charge on any atom is -0.394 e. The molecule has 0 unspecified atom stereocenters. The van der Waals surface area contributed by atoms with Crippen molar-refractivity contribution in [3.8, 4) is 0 Å². The van der Waals surface area contributed by atoms with Gasteiger partial charge in [0, 0.05) is 50.3 Å². The maximum Gasteiger partial charge on any atom is 0.257 e. The van der Waals surface area contributed by atoms with Gasteiger partial charge in [0.1, 0.15) is 11.4 Å². The highest BCUT2D eigenvalue weighted by atomic mass is 19.1. The van der Waals surface area contributed by atoms with Crippen LogP contribution in [0.5, 0.6) is 0 Å². The van der Waals surface area contributed by atoms with Crippen LogP contribution in [0.2, 0.25) is 0 Å². The van der Waals surface area contributed by atoms with Crippen LogP contribution in [0.3, 0.4) is 0 Å². The number of rotatable bonds is 5. The summed E-state index contributed by atoms with van der Waals surface area (Å²) in [7, 11) is 0. The molecule has 0 aliphatic carbocycles. The van der Waals surface area contributed by atoms with E-state index in [0.717, 1.165) is 13.1 Å². The molecule has 7 nitrogen and oxygen atoms in total. The fourth-order valence-electron chi connectivity index (χ4n) is 3.32. The van der Waals surface area contributed by atoms with E-state index in [2.05, 4.69) is 10.6 Å². The van der Waals surface area contributed by atoms with Crippen molar-refractivity contribution < 1.29 is 14.3 Å². The SMILES string of the molecule is CCn1cc(C(=O)N[C@H](C)CO)c(=O)c2cc(F)c(N3CCNCC3)cc21. The van der Waals surface area contributed by atoms with Gasteiger partial charge in [-0.1, -0.05) is 0 Å². The Morgan fingerprint density at radius 3 is 2.70 bits per heavy atom. The lowest BCUT2D eigenvalue weighted by Crippen LogP contribution is -2.44. The van der Waals surface area contributed by atoms with Crippen molar-refractivity contribution in [3.05, 3.63) is 39.9 Å². The third kappa shape index (κ3) is 3.81. The molecular weight excluding hydrogens is 351 g/mol. The van der Waals surface area contributed by atoms with Crippen molar-refractivity contribution >= 4 is 22.5 Å². The van der Waals surface area contributed by atoms with Crippen LogP contribution in [0.15, 0.2) is 23.1 Å². The summed E-state index contributed by atoms with van der Waals surface area (Å²) in [5.41, 5.74) is 0.503. The fraction of sp³-hybridized carbons (Fsp3) is 0.474. The van der Waals surface area contributed by atoms with Crippen molar-refractivity contribution in [2.75, 3.05) is 37.7 Å². The van der Waals surface area contributed by atoms with Crippen molar-refractivity contribution in [1.29, 1.82) is 0 Å². The topological polar surface area (TPSA) is 86.6 Å². The number of amides is 1. The van der Waals surface area contributed by atoms with Gasteiger partial charge in [-0.3, -0.25) is 9.59 Å². The normalized spacial score (nSPS) is 15.8. The third-order valence-corrected chi connectivity index (χ3v) is 4.84. The van der Waals surface area contributed by atoms with Crippen molar-refractivity contribution in [1.82, 2.24) is 15.2 Å². The average molecular weight is 376 g/mol. The Labute approximate surface area is 156 Å². The predicted octanol–water partition coefficient (Wildman–Crippen LogP) is 0.681. The first-order chi connectivity index (χ1) is 13.0. The summed E-state index contributed by atoms with van der Waals surface area (Å²) in [6.45, 7) is 6.77.